The van der Waals surface area contributed by atoms with E-state index in [2.05, 4.69) is 10.3 Å². The highest BCUT2D eigenvalue weighted by molar-refractivity contribution is 5.69. The van der Waals surface area contributed by atoms with Crippen LogP contribution < -0.4 is 10.1 Å². The SMILES string of the molecule is N#Cc1cc(Oc2nc(O)c(F)cc2F)cc(-c2cccc(CNC(=O)O)c2)c1. The van der Waals surface area contributed by atoms with Gasteiger partial charge in [0.1, 0.15) is 5.75 Å². The van der Waals surface area contributed by atoms with Gasteiger partial charge in [0.2, 0.25) is 0 Å². The minimum Gasteiger partial charge on any atom is -0.491 e. The van der Waals surface area contributed by atoms with Gasteiger partial charge in [0.25, 0.3) is 11.8 Å². The number of pyridine rings is 1. The summed E-state index contributed by atoms with van der Waals surface area (Å²) in [5, 5.41) is 29.6. The Kier molecular flexibility index (Phi) is 5.55. The quantitative estimate of drug-likeness (QED) is 0.595. The summed E-state index contributed by atoms with van der Waals surface area (Å²) in [6.45, 7) is 0.0917. The van der Waals surface area contributed by atoms with Gasteiger partial charge in [-0.05, 0) is 41.0 Å². The number of nitrogens with one attached hydrogen (secondary N) is 1. The van der Waals surface area contributed by atoms with Crippen molar-refractivity contribution in [3.8, 4) is 34.7 Å². The minimum atomic E-state index is -1.23. The first-order chi connectivity index (χ1) is 13.9. The number of halogens is 2. The van der Waals surface area contributed by atoms with Gasteiger partial charge in [0.05, 0.1) is 11.6 Å². The van der Waals surface area contributed by atoms with Gasteiger partial charge in [-0.2, -0.15) is 10.2 Å². The molecule has 3 rings (SSSR count). The monoisotopic (exact) mass is 397 g/mol. The molecule has 0 saturated carbocycles. The molecule has 0 saturated heterocycles. The van der Waals surface area contributed by atoms with Crippen LogP contribution in [0.1, 0.15) is 11.1 Å². The van der Waals surface area contributed by atoms with Gasteiger partial charge in [0, 0.05) is 12.6 Å². The van der Waals surface area contributed by atoms with E-state index in [1.165, 1.54) is 12.1 Å². The zero-order chi connectivity index (χ0) is 21.0. The average molecular weight is 397 g/mol. The molecule has 9 heteroatoms. The molecule has 0 aliphatic carbocycles. The number of benzene rings is 2. The van der Waals surface area contributed by atoms with Crippen LogP contribution in [0.25, 0.3) is 11.1 Å². The zero-order valence-electron chi connectivity index (χ0n) is 14.7. The molecule has 0 aliphatic heterocycles. The maximum absolute atomic E-state index is 13.9. The van der Waals surface area contributed by atoms with Gasteiger partial charge < -0.3 is 20.3 Å². The van der Waals surface area contributed by atoms with Crippen LogP contribution in [-0.2, 0) is 6.54 Å². The molecule has 0 atom stereocenters. The van der Waals surface area contributed by atoms with Crippen LogP contribution in [0.2, 0.25) is 0 Å². The van der Waals surface area contributed by atoms with Crippen LogP contribution in [0, 0.1) is 23.0 Å². The molecule has 0 spiro atoms. The molecule has 2 aromatic carbocycles. The first kappa shape index (κ1) is 19.6. The van der Waals surface area contributed by atoms with Crippen molar-refractivity contribution in [1.82, 2.24) is 10.3 Å². The normalized spacial score (nSPS) is 10.2. The lowest BCUT2D eigenvalue weighted by Gasteiger charge is -2.10. The molecule has 1 aromatic heterocycles. The predicted octanol–water partition coefficient (Wildman–Crippen LogP) is 4.16. The third-order valence-corrected chi connectivity index (χ3v) is 3.83. The third-order valence-electron chi connectivity index (χ3n) is 3.83. The smallest absolute Gasteiger partial charge is 0.404 e. The fraction of sp³-hybridized carbons (Fsp3) is 0.0500. The van der Waals surface area contributed by atoms with E-state index in [9.17, 15) is 23.9 Å². The van der Waals surface area contributed by atoms with E-state index in [0.29, 0.717) is 22.8 Å². The van der Waals surface area contributed by atoms with Crippen molar-refractivity contribution >= 4 is 6.09 Å². The van der Waals surface area contributed by atoms with Crippen LogP contribution in [0.15, 0.2) is 48.5 Å². The maximum Gasteiger partial charge on any atom is 0.404 e. The molecule has 146 valence electrons. The Labute approximate surface area is 163 Å². The highest BCUT2D eigenvalue weighted by atomic mass is 19.1. The Morgan fingerprint density at radius 3 is 2.66 bits per heavy atom. The predicted molar refractivity (Wildman–Crippen MR) is 97.3 cm³/mol. The maximum atomic E-state index is 13.9. The van der Waals surface area contributed by atoms with Gasteiger partial charge in [0.15, 0.2) is 11.6 Å². The summed E-state index contributed by atoms with van der Waals surface area (Å²) >= 11 is 0. The number of carboxylic acid groups (broad SMARTS) is 1. The molecule has 3 aromatic rings. The number of nitriles is 1. The summed E-state index contributed by atoms with van der Waals surface area (Å²) in [6.07, 6.45) is -1.16. The highest BCUT2D eigenvalue weighted by Crippen LogP contribution is 2.31. The van der Waals surface area contributed by atoms with Gasteiger partial charge in [-0.25, -0.2) is 13.6 Å². The number of ether oxygens (including phenoxy) is 1. The number of carbonyl (C=O) groups is 1. The molecule has 3 N–H and O–H groups in total. The van der Waals surface area contributed by atoms with E-state index < -0.39 is 29.5 Å². The number of aromatic hydroxyl groups is 1. The number of hydrogen-bond donors (Lipinski definition) is 3. The van der Waals surface area contributed by atoms with Crippen molar-refractivity contribution in [2.45, 2.75) is 6.54 Å². The van der Waals surface area contributed by atoms with Gasteiger partial charge >= 0.3 is 6.09 Å². The standard InChI is InChI=1S/C20H13F2N3O4/c21-16-8-17(22)19(25-18(16)26)29-15-6-12(9-23)5-14(7-15)13-3-1-2-11(4-13)10-24-20(27)28/h1-8,24H,10H2,(H,25,26)(H,27,28). The molecule has 0 aliphatic rings. The summed E-state index contributed by atoms with van der Waals surface area (Å²) < 4.78 is 32.3. The fourth-order valence-corrected chi connectivity index (χ4v) is 2.55. The number of hydrogen-bond acceptors (Lipinski definition) is 5. The van der Waals surface area contributed by atoms with Gasteiger partial charge in [-0.3, -0.25) is 0 Å². The second-order valence-electron chi connectivity index (χ2n) is 5.90. The average Bonchev–Trinajstić information content (AvgIpc) is 2.70. The van der Waals surface area contributed by atoms with E-state index in [0.717, 1.165) is 0 Å². The summed E-state index contributed by atoms with van der Waals surface area (Å²) in [5.74, 6) is -3.97. The largest absolute Gasteiger partial charge is 0.491 e. The molecule has 1 heterocycles. The number of amides is 1. The van der Waals surface area contributed by atoms with Crippen molar-refractivity contribution < 1.29 is 28.5 Å². The lowest BCUT2D eigenvalue weighted by Crippen LogP contribution is -2.19. The minimum absolute atomic E-state index is 0.0468. The Bertz CT molecular complexity index is 1130. The summed E-state index contributed by atoms with van der Waals surface area (Å²) in [6, 6.07) is 13.7. The van der Waals surface area contributed by atoms with Gasteiger partial charge in [-0.1, -0.05) is 18.2 Å². The highest BCUT2D eigenvalue weighted by Gasteiger charge is 2.14. The van der Waals surface area contributed by atoms with Crippen molar-refractivity contribution in [2.24, 2.45) is 0 Å². The van der Waals surface area contributed by atoms with Crippen LogP contribution in [0.5, 0.6) is 17.5 Å². The second kappa shape index (κ2) is 8.22. The molecule has 29 heavy (non-hydrogen) atoms. The summed E-state index contributed by atoms with van der Waals surface area (Å²) in [4.78, 5) is 14.0. The van der Waals surface area contributed by atoms with Crippen LogP contribution in [0.3, 0.4) is 0 Å². The molecule has 0 bridgehead atoms. The van der Waals surface area contributed by atoms with Crippen LogP contribution in [0.4, 0.5) is 13.6 Å². The van der Waals surface area contributed by atoms with Crippen molar-refractivity contribution in [3.63, 3.8) is 0 Å². The molecular formula is C20H13F2N3O4. The molecule has 0 unspecified atom stereocenters. The van der Waals surface area contributed by atoms with E-state index in [4.69, 9.17) is 9.84 Å². The Morgan fingerprint density at radius 1 is 1.14 bits per heavy atom. The zero-order valence-corrected chi connectivity index (χ0v) is 14.7. The number of rotatable bonds is 5. The third kappa shape index (κ3) is 4.75. The molecule has 7 nitrogen and oxygen atoms in total. The van der Waals surface area contributed by atoms with Gasteiger partial charge in [-0.15, -0.1) is 0 Å². The number of nitrogens with zero attached hydrogens (tertiary/aromatic N) is 2. The van der Waals surface area contributed by atoms with E-state index in [1.807, 2.05) is 6.07 Å². The van der Waals surface area contributed by atoms with Crippen molar-refractivity contribution in [2.75, 3.05) is 0 Å². The van der Waals surface area contributed by atoms with Crippen molar-refractivity contribution in [3.05, 3.63) is 71.3 Å². The fourth-order valence-electron chi connectivity index (χ4n) is 2.55. The van der Waals surface area contributed by atoms with Crippen LogP contribution in [-0.4, -0.2) is 21.3 Å². The van der Waals surface area contributed by atoms with E-state index in [-0.39, 0.29) is 17.9 Å². The van der Waals surface area contributed by atoms with E-state index >= 15 is 0 Å². The van der Waals surface area contributed by atoms with E-state index in [1.54, 1.807) is 30.3 Å². The second-order valence-corrected chi connectivity index (χ2v) is 5.90. The Morgan fingerprint density at radius 2 is 1.93 bits per heavy atom. The topological polar surface area (TPSA) is 115 Å². The summed E-state index contributed by atoms with van der Waals surface area (Å²) in [7, 11) is 0. The van der Waals surface area contributed by atoms with Crippen LogP contribution >= 0.6 is 0 Å². The first-order valence-electron chi connectivity index (χ1n) is 8.20. The molecule has 1 amide bonds. The molecular weight excluding hydrogens is 384 g/mol. The lowest BCUT2D eigenvalue weighted by atomic mass is 10.0. The number of aromatic nitrogens is 1. The molecule has 0 radical (unpaired) electrons. The lowest BCUT2D eigenvalue weighted by molar-refractivity contribution is 0.194. The van der Waals surface area contributed by atoms with Crippen molar-refractivity contribution in [1.29, 1.82) is 5.26 Å². The first-order valence-corrected chi connectivity index (χ1v) is 8.20. The Balaban J connectivity index is 1.96. The Hall–Kier alpha value is -4.19. The summed E-state index contributed by atoms with van der Waals surface area (Å²) in [5.41, 5.74) is 2.10. The molecule has 0 fully saturated rings.